The van der Waals surface area contributed by atoms with E-state index >= 15 is 0 Å². The number of alkyl carbamates (subject to hydrolysis) is 1. The second kappa shape index (κ2) is 13.6. The molecule has 2 saturated carbocycles. The average molecular weight is 696 g/mol. The van der Waals surface area contributed by atoms with Gasteiger partial charge in [-0.2, -0.15) is 0 Å². The molecule has 3 heterocycles. The van der Waals surface area contributed by atoms with Crippen molar-refractivity contribution in [1.82, 2.24) is 25.2 Å². The lowest BCUT2D eigenvalue weighted by molar-refractivity contribution is -0.141. The number of fused-ring (bicyclic) bond motifs is 3. The molecule has 14 heteroatoms. The van der Waals surface area contributed by atoms with Crippen LogP contribution in [0.4, 0.5) is 4.79 Å². The average Bonchev–Trinajstić information content (AvgIpc) is 3.96. The van der Waals surface area contributed by atoms with E-state index in [0.29, 0.717) is 38.0 Å². The summed E-state index contributed by atoms with van der Waals surface area (Å²) >= 11 is 0. The lowest BCUT2D eigenvalue weighted by Gasteiger charge is -2.30. The van der Waals surface area contributed by atoms with Crippen molar-refractivity contribution in [2.45, 2.75) is 113 Å². The van der Waals surface area contributed by atoms with Crippen LogP contribution in [0.15, 0.2) is 48.7 Å². The Balaban J connectivity index is 1.30. The van der Waals surface area contributed by atoms with Crippen LogP contribution < -0.4 is 20.1 Å². The van der Waals surface area contributed by atoms with E-state index in [1.807, 2.05) is 42.5 Å². The van der Waals surface area contributed by atoms with Gasteiger partial charge in [-0.15, -0.1) is 0 Å². The molecule has 6 rings (SSSR count). The van der Waals surface area contributed by atoms with Gasteiger partial charge in [0, 0.05) is 23.9 Å². The molecule has 4 aliphatic rings. The minimum atomic E-state index is -3.87. The number of sulfonamides is 1. The van der Waals surface area contributed by atoms with Crippen molar-refractivity contribution in [2.75, 3.05) is 6.54 Å². The highest BCUT2D eigenvalue weighted by atomic mass is 32.2. The molecule has 2 aliphatic heterocycles. The first-order valence-corrected chi connectivity index (χ1v) is 18.7. The predicted molar refractivity (Wildman–Crippen MR) is 181 cm³/mol. The largest absolute Gasteiger partial charge is 0.472 e. The fraction of sp³-hybridized carbons (Fsp3) is 0.571. The maximum atomic E-state index is 14.3. The molecule has 2 aromatic rings. The van der Waals surface area contributed by atoms with Crippen LogP contribution >= 0.6 is 0 Å². The number of rotatable bonds is 6. The SMILES string of the molecule is CC(C)(C)OC(=O)NC1CCCCC/C=C\C2CC2(C(=O)NS(=O)(=O)C2CC2)NC(=O)C2CC(Oc3nccc4ccccc34)CN2C1=O. The zero-order chi connectivity index (χ0) is 35.0. The van der Waals surface area contributed by atoms with Gasteiger partial charge in [0.1, 0.15) is 29.3 Å². The standard InChI is InChI=1S/C35H45N5O8S/c1-34(2,3)48-33(44)37-27-14-8-6-4-5-7-12-23-20-35(23,32(43)39-49(45,46)25-15-16-25)38-29(41)28-19-24(21-40(28)31(27)42)47-30-26-13-10-9-11-22(26)17-18-36-30/h7,9-13,17-18,23-25,27-28H,4-6,8,14-16,19-21H2,1-3H3,(H,37,44)(H,38,41)(H,39,43)/b12-7-. The molecule has 1 aromatic carbocycles. The topological polar surface area (TPSA) is 173 Å². The molecule has 4 amide bonds. The lowest BCUT2D eigenvalue weighted by atomic mass is 10.0. The number of carbonyl (C=O) groups excluding carboxylic acids is 4. The third-order valence-corrected chi connectivity index (χ3v) is 11.3. The minimum Gasteiger partial charge on any atom is -0.472 e. The quantitative estimate of drug-likeness (QED) is 0.383. The molecule has 1 saturated heterocycles. The normalized spacial score (nSPS) is 28.6. The maximum absolute atomic E-state index is 14.3. The van der Waals surface area contributed by atoms with E-state index in [4.69, 9.17) is 9.47 Å². The second-order valence-electron chi connectivity index (χ2n) is 14.5. The van der Waals surface area contributed by atoms with Gasteiger partial charge in [0.05, 0.1) is 11.8 Å². The number of benzene rings is 1. The number of aromatic nitrogens is 1. The Morgan fingerprint density at radius 2 is 1.84 bits per heavy atom. The van der Waals surface area contributed by atoms with Crippen molar-refractivity contribution >= 4 is 44.6 Å². The third kappa shape index (κ3) is 8.00. The first-order valence-electron chi connectivity index (χ1n) is 17.1. The van der Waals surface area contributed by atoms with Crippen LogP contribution in [0, 0.1) is 5.92 Å². The number of amides is 4. The first kappa shape index (κ1) is 34.7. The summed E-state index contributed by atoms with van der Waals surface area (Å²) in [7, 11) is -3.87. The molecule has 0 bridgehead atoms. The van der Waals surface area contributed by atoms with Crippen LogP contribution in [0.25, 0.3) is 10.8 Å². The van der Waals surface area contributed by atoms with Gasteiger partial charge in [0.25, 0.3) is 5.91 Å². The van der Waals surface area contributed by atoms with Gasteiger partial charge in [-0.05, 0) is 76.8 Å². The highest BCUT2D eigenvalue weighted by Gasteiger charge is 2.62. The fourth-order valence-corrected chi connectivity index (χ4v) is 8.00. The van der Waals surface area contributed by atoms with Gasteiger partial charge in [-0.3, -0.25) is 19.1 Å². The van der Waals surface area contributed by atoms with Crippen molar-refractivity contribution in [3.8, 4) is 5.88 Å². The smallest absolute Gasteiger partial charge is 0.408 e. The van der Waals surface area contributed by atoms with Crippen LogP contribution in [-0.2, 0) is 29.1 Å². The van der Waals surface area contributed by atoms with Crippen molar-refractivity contribution in [3.63, 3.8) is 0 Å². The molecule has 1 aromatic heterocycles. The molecule has 5 atom stereocenters. The van der Waals surface area contributed by atoms with Crippen molar-refractivity contribution < 1.29 is 37.1 Å². The Morgan fingerprint density at radius 1 is 1.06 bits per heavy atom. The number of hydrogen-bond donors (Lipinski definition) is 3. The number of ether oxygens (including phenoxy) is 2. The third-order valence-electron chi connectivity index (χ3n) is 9.45. The molecule has 49 heavy (non-hydrogen) atoms. The predicted octanol–water partition coefficient (Wildman–Crippen LogP) is 3.48. The van der Waals surface area contributed by atoms with Crippen LogP contribution in [0.3, 0.4) is 0 Å². The van der Waals surface area contributed by atoms with Gasteiger partial charge in [0.2, 0.25) is 27.7 Å². The van der Waals surface area contributed by atoms with E-state index in [9.17, 15) is 27.6 Å². The number of nitrogens with zero attached hydrogens (tertiary/aromatic N) is 2. The fourth-order valence-electron chi connectivity index (χ4n) is 6.64. The van der Waals surface area contributed by atoms with Crippen LogP contribution in [0.1, 0.15) is 78.6 Å². The minimum absolute atomic E-state index is 0.0207. The summed E-state index contributed by atoms with van der Waals surface area (Å²) in [6.45, 7) is 5.22. The molecule has 3 fully saturated rings. The number of hydrogen-bond acceptors (Lipinski definition) is 9. The molecule has 13 nitrogen and oxygen atoms in total. The lowest BCUT2D eigenvalue weighted by Crippen LogP contribution is -2.58. The summed E-state index contributed by atoms with van der Waals surface area (Å²) in [5.41, 5.74) is -2.27. The molecule has 0 spiro atoms. The summed E-state index contributed by atoms with van der Waals surface area (Å²) < 4.78 is 39.5. The molecule has 264 valence electrons. The van der Waals surface area contributed by atoms with Gasteiger partial charge >= 0.3 is 6.09 Å². The van der Waals surface area contributed by atoms with E-state index in [1.165, 1.54) is 4.90 Å². The second-order valence-corrected chi connectivity index (χ2v) is 16.5. The highest BCUT2D eigenvalue weighted by Crippen LogP contribution is 2.46. The van der Waals surface area contributed by atoms with Crippen LogP contribution in [0.5, 0.6) is 5.88 Å². The Kier molecular flexibility index (Phi) is 9.62. The zero-order valence-corrected chi connectivity index (χ0v) is 29.0. The highest BCUT2D eigenvalue weighted by molar-refractivity contribution is 7.91. The molecule has 0 radical (unpaired) electrons. The molecule has 5 unspecified atom stereocenters. The molecular formula is C35H45N5O8S. The van der Waals surface area contributed by atoms with E-state index < -0.39 is 74.3 Å². The molecule has 3 N–H and O–H groups in total. The summed E-state index contributed by atoms with van der Waals surface area (Å²) in [5.74, 6) is -1.91. The Morgan fingerprint density at radius 3 is 2.59 bits per heavy atom. The Bertz CT molecular complexity index is 1750. The Labute approximate surface area is 286 Å². The number of pyridine rings is 1. The van der Waals surface area contributed by atoms with Crippen molar-refractivity contribution in [2.24, 2.45) is 5.92 Å². The zero-order valence-electron chi connectivity index (χ0n) is 28.1. The van der Waals surface area contributed by atoms with Crippen LogP contribution in [0.2, 0.25) is 0 Å². The number of nitrogens with one attached hydrogen (secondary N) is 3. The molecular weight excluding hydrogens is 650 g/mol. The number of carbonyl (C=O) groups is 4. The molecule has 2 aliphatic carbocycles. The summed E-state index contributed by atoms with van der Waals surface area (Å²) in [5, 5.41) is 6.68. The summed E-state index contributed by atoms with van der Waals surface area (Å²) in [6, 6.07) is 7.39. The van der Waals surface area contributed by atoms with E-state index in [2.05, 4.69) is 20.3 Å². The van der Waals surface area contributed by atoms with Gasteiger partial charge in [-0.25, -0.2) is 18.2 Å². The first-order chi connectivity index (χ1) is 23.3. The van der Waals surface area contributed by atoms with Gasteiger partial charge in [-0.1, -0.05) is 43.2 Å². The number of allylic oxidation sites excluding steroid dienone is 1. The van der Waals surface area contributed by atoms with E-state index in [0.717, 1.165) is 23.6 Å². The summed E-state index contributed by atoms with van der Waals surface area (Å²) in [6.07, 6.45) is 8.59. The summed E-state index contributed by atoms with van der Waals surface area (Å²) in [4.78, 5) is 60.9. The van der Waals surface area contributed by atoms with E-state index in [-0.39, 0.29) is 19.4 Å². The van der Waals surface area contributed by atoms with Crippen molar-refractivity contribution in [1.29, 1.82) is 0 Å². The van der Waals surface area contributed by atoms with Gasteiger partial charge in [0.15, 0.2) is 0 Å². The van der Waals surface area contributed by atoms with Gasteiger partial charge < -0.3 is 25.0 Å². The maximum Gasteiger partial charge on any atom is 0.408 e. The van der Waals surface area contributed by atoms with Crippen LogP contribution in [-0.4, -0.2) is 83.2 Å². The Hall–Kier alpha value is -4.20. The van der Waals surface area contributed by atoms with E-state index in [1.54, 1.807) is 27.0 Å². The monoisotopic (exact) mass is 695 g/mol. The van der Waals surface area contributed by atoms with Crippen molar-refractivity contribution in [3.05, 3.63) is 48.7 Å².